The molecule has 1 unspecified atom stereocenters. The minimum absolute atomic E-state index is 0.248. The standard InChI is InChI=1S/C6H9N3O2S/c1-11-5(8)3-2-9-6(12-3)4(7)10/h2,5H,8H2,1H3,(H2,7,10). The highest BCUT2D eigenvalue weighted by Gasteiger charge is 2.11. The topological polar surface area (TPSA) is 91.2 Å². The average Bonchev–Trinajstić information content (AvgIpc) is 2.51. The van der Waals surface area contributed by atoms with E-state index in [9.17, 15) is 4.79 Å². The van der Waals surface area contributed by atoms with Crippen molar-refractivity contribution in [1.82, 2.24) is 4.98 Å². The summed E-state index contributed by atoms with van der Waals surface area (Å²) in [6.45, 7) is 0. The molecule has 1 amide bonds. The van der Waals surface area contributed by atoms with Crippen molar-refractivity contribution in [1.29, 1.82) is 0 Å². The van der Waals surface area contributed by atoms with E-state index in [2.05, 4.69) is 4.98 Å². The summed E-state index contributed by atoms with van der Waals surface area (Å²) < 4.78 is 4.83. The predicted octanol–water partition coefficient (Wildman–Crippen LogP) is -0.154. The SMILES string of the molecule is COC(N)c1cnc(C(N)=O)s1. The highest BCUT2D eigenvalue weighted by Crippen LogP contribution is 2.18. The van der Waals surface area contributed by atoms with Crippen molar-refractivity contribution in [3.63, 3.8) is 0 Å². The van der Waals surface area contributed by atoms with Gasteiger partial charge in [-0.1, -0.05) is 0 Å². The molecule has 1 aromatic rings. The Morgan fingerprint density at radius 2 is 2.50 bits per heavy atom. The van der Waals surface area contributed by atoms with E-state index in [1.165, 1.54) is 13.3 Å². The van der Waals surface area contributed by atoms with Crippen molar-refractivity contribution in [3.8, 4) is 0 Å². The van der Waals surface area contributed by atoms with E-state index in [-0.39, 0.29) is 5.01 Å². The lowest BCUT2D eigenvalue weighted by Crippen LogP contribution is -2.10. The van der Waals surface area contributed by atoms with Crippen LogP contribution < -0.4 is 11.5 Å². The molecule has 4 N–H and O–H groups in total. The Hall–Kier alpha value is -0.980. The number of nitrogens with zero attached hydrogens (tertiary/aromatic N) is 1. The van der Waals surface area contributed by atoms with Gasteiger partial charge in [-0.05, 0) is 0 Å². The molecule has 0 fully saturated rings. The largest absolute Gasteiger partial charge is 0.364 e. The van der Waals surface area contributed by atoms with Crippen molar-refractivity contribution in [3.05, 3.63) is 16.1 Å². The van der Waals surface area contributed by atoms with E-state index in [1.54, 1.807) is 0 Å². The van der Waals surface area contributed by atoms with E-state index in [0.717, 1.165) is 11.3 Å². The summed E-state index contributed by atoms with van der Waals surface area (Å²) in [7, 11) is 1.48. The van der Waals surface area contributed by atoms with Gasteiger partial charge in [0.25, 0.3) is 5.91 Å². The molecule has 0 aliphatic rings. The zero-order valence-corrected chi connectivity index (χ0v) is 7.30. The highest BCUT2D eigenvalue weighted by atomic mass is 32.1. The van der Waals surface area contributed by atoms with Crippen LogP contribution in [0.15, 0.2) is 6.20 Å². The van der Waals surface area contributed by atoms with Crippen LogP contribution in [0.3, 0.4) is 0 Å². The van der Waals surface area contributed by atoms with Crippen molar-refractivity contribution in [2.75, 3.05) is 7.11 Å². The van der Waals surface area contributed by atoms with Gasteiger partial charge >= 0.3 is 0 Å². The zero-order valence-electron chi connectivity index (χ0n) is 6.48. The molecule has 1 heterocycles. The molecule has 1 aromatic heterocycles. The molecular weight excluding hydrogens is 178 g/mol. The molecular formula is C6H9N3O2S. The average molecular weight is 187 g/mol. The second-order valence-corrected chi connectivity index (χ2v) is 3.15. The van der Waals surface area contributed by atoms with Gasteiger partial charge < -0.3 is 16.2 Å². The summed E-state index contributed by atoms with van der Waals surface area (Å²) in [6, 6.07) is 0. The molecule has 0 aromatic carbocycles. The summed E-state index contributed by atoms with van der Waals surface area (Å²) in [6.07, 6.45) is 0.953. The smallest absolute Gasteiger partial charge is 0.277 e. The fraction of sp³-hybridized carbons (Fsp3) is 0.333. The molecule has 0 radical (unpaired) electrons. The van der Waals surface area contributed by atoms with E-state index >= 15 is 0 Å². The number of nitrogens with two attached hydrogens (primary N) is 2. The van der Waals surface area contributed by atoms with Crippen LogP contribution in [0.4, 0.5) is 0 Å². The first kappa shape index (κ1) is 9.11. The summed E-state index contributed by atoms with van der Waals surface area (Å²) >= 11 is 1.14. The molecule has 0 aliphatic heterocycles. The number of rotatable bonds is 3. The Morgan fingerprint density at radius 1 is 1.83 bits per heavy atom. The third-order valence-electron chi connectivity index (χ3n) is 1.27. The third kappa shape index (κ3) is 1.79. The monoisotopic (exact) mass is 187 g/mol. The number of hydrogen-bond acceptors (Lipinski definition) is 5. The van der Waals surface area contributed by atoms with Crippen molar-refractivity contribution in [2.45, 2.75) is 6.23 Å². The fourth-order valence-corrected chi connectivity index (χ4v) is 1.40. The van der Waals surface area contributed by atoms with Crippen LogP contribution >= 0.6 is 11.3 Å². The molecule has 6 heteroatoms. The Balaban J connectivity index is 2.84. The van der Waals surface area contributed by atoms with Gasteiger partial charge in [0.15, 0.2) is 5.01 Å². The first-order chi connectivity index (χ1) is 5.65. The minimum Gasteiger partial charge on any atom is -0.364 e. The van der Waals surface area contributed by atoms with Gasteiger partial charge in [0.05, 0.1) is 4.88 Å². The highest BCUT2D eigenvalue weighted by molar-refractivity contribution is 7.13. The van der Waals surface area contributed by atoms with Gasteiger partial charge in [-0.15, -0.1) is 11.3 Å². The number of aromatic nitrogens is 1. The molecule has 1 atom stereocenters. The van der Waals surface area contributed by atoms with Gasteiger partial charge in [0, 0.05) is 13.3 Å². The number of methoxy groups -OCH3 is 1. The van der Waals surface area contributed by atoms with Crippen LogP contribution in [-0.4, -0.2) is 18.0 Å². The van der Waals surface area contributed by atoms with Crippen LogP contribution in [0.25, 0.3) is 0 Å². The number of primary amides is 1. The molecule has 0 aliphatic carbocycles. The molecule has 12 heavy (non-hydrogen) atoms. The minimum atomic E-state index is -0.547. The molecule has 1 rings (SSSR count). The van der Waals surface area contributed by atoms with Crippen LogP contribution in [0.1, 0.15) is 20.9 Å². The van der Waals surface area contributed by atoms with Crippen LogP contribution in [-0.2, 0) is 4.74 Å². The second-order valence-electron chi connectivity index (χ2n) is 2.09. The first-order valence-electron chi connectivity index (χ1n) is 3.19. The van der Waals surface area contributed by atoms with Crippen LogP contribution in [0.2, 0.25) is 0 Å². The predicted molar refractivity (Wildman–Crippen MR) is 44.6 cm³/mol. The lowest BCUT2D eigenvalue weighted by molar-refractivity contribution is 0.1000. The maximum atomic E-state index is 10.6. The number of carbonyl (C=O) groups excluding carboxylic acids is 1. The van der Waals surface area contributed by atoms with Gasteiger partial charge in [0.1, 0.15) is 6.23 Å². The van der Waals surface area contributed by atoms with Gasteiger partial charge in [0.2, 0.25) is 0 Å². The van der Waals surface area contributed by atoms with E-state index in [1.807, 2.05) is 0 Å². The Labute approximate surface area is 73.3 Å². The van der Waals surface area contributed by atoms with E-state index < -0.39 is 12.1 Å². The number of thiazole rings is 1. The van der Waals surface area contributed by atoms with Crippen LogP contribution in [0, 0.1) is 0 Å². The second kappa shape index (κ2) is 3.61. The summed E-state index contributed by atoms with van der Waals surface area (Å²) in [5, 5.41) is 0.248. The Kier molecular flexibility index (Phi) is 2.74. The normalized spacial score (nSPS) is 12.8. The fourth-order valence-electron chi connectivity index (χ4n) is 0.648. The molecule has 66 valence electrons. The lowest BCUT2D eigenvalue weighted by Gasteiger charge is -2.03. The van der Waals surface area contributed by atoms with Crippen molar-refractivity contribution in [2.24, 2.45) is 11.5 Å². The van der Waals surface area contributed by atoms with E-state index in [0.29, 0.717) is 4.88 Å². The first-order valence-corrected chi connectivity index (χ1v) is 4.00. The maximum absolute atomic E-state index is 10.6. The summed E-state index contributed by atoms with van der Waals surface area (Å²) in [5.74, 6) is -0.547. The number of ether oxygens (including phenoxy) is 1. The lowest BCUT2D eigenvalue weighted by atomic mass is 10.5. The number of hydrogen-bond donors (Lipinski definition) is 2. The van der Waals surface area contributed by atoms with Gasteiger partial charge in [-0.3, -0.25) is 4.79 Å². The number of carbonyl (C=O) groups is 1. The molecule has 5 nitrogen and oxygen atoms in total. The third-order valence-corrected chi connectivity index (χ3v) is 2.34. The summed E-state index contributed by atoms with van der Waals surface area (Å²) in [5.41, 5.74) is 10.5. The molecule has 0 bridgehead atoms. The maximum Gasteiger partial charge on any atom is 0.277 e. The van der Waals surface area contributed by atoms with Crippen molar-refractivity contribution < 1.29 is 9.53 Å². The summed E-state index contributed by atoms with van der Waals surface area (Å²) in [4.78, 5) is 15.1. The molecule has 0 spiro atoms. The van der Waals surface area contributed by atoms with E-state index in [4.69, 9.17) is 16.2 Å². The number of amides is 1. The molecule has 0 saturated heterocycles. The van der Waals surface area contributed by atoms with Gasteiger partial charge in [-0.2, -0.15) is 0 Å². The van der Waals surface area contributed by atoms with Crippen molar-refractivity contribution >= 4 is 17.2 Å². The zero-order chi connectivity index (χ0) is 9.14. The molecule has 0 saturated carbocycles. The van der Waals surface area contributed by atoms with Gasteiger partial charge in [-0.25, -0.2) is 4.98 Å². The Bertz CT molecular complexity index is 286. The Morgan fingerprint density at radius 3 is 2.92 bits per heavy atom. The quantitative estimate of drug-likeness (QED) is 0.643. The van der Waals surface area contributed by atoms with Crippen LogP contribution in [0.5, 0.6) is 0 Å².